The molecule has 2 rings (SSSR count). The molecule has 0 saturated heterocycles. The molecule has 8 heteroatoms. The molecule has 1 N–H and O–H groups in total. The van der Waals surface area contributed by atoms with Crippen molar-refractivity contribution in [2.24, 2.45) is 0 Å². The number of halogens is 3. The number of thiazole rings is 1. The molecule has 0 aliphatic carbocycles. The molecule has 0 radical (unpaired) electrons. The van der Waals surface area contributed by atoms with Gasteiger partial charge in [-0.15, -0.1) is 11.3 Å². The Labute approximate surface area is 122 Å². The van der Waals surface area contributed by atoms with Gasteiger partial charge in [0.15, 0.2) is 10.3 Å². The third-order valence-electron chi connectivity index (χ3n) is 2.46. The van der Waals surface area contributed by atoms with Gasteiger partial charge < -0.3 is 10.1 Å². The summed E-state index contributed by atoms with van der Waals surface area (Å²) in [4.78, 5) is 15.9. The van der Waals surface area contributed by atoms with Crippen molar-refractivity contribution in [2.75, 3.05) is 12.4 Å². The number of nitrogens with one attached hydrogen (secondary N) is 1. The number of hydrogen-bond donors (Lipinski definition) is 1. The Morgan fingerprint density at radius 3 is 2.85 bits per heavy atom. The van der Waals surface area contributed by atoms with Crippen molar-refractivity contribution in [3.63, 3.8) is 0 Å². The molecule has 0 atom stereocenters. The number of benzene rings is 1. The molecule has 1 aromatic carbocycles. The minimum Gasteiger partial charge on any atom is -0.465 e. The summed E-state index contributed by atoms with van der Waals surface area (Å²) in [7, 11) is 1.06. The van der Waals surface area contributed by atoms with Crippen LogP contribution in [0.2, 0.25) is 4.47 Å². The van der Waals surface area contributed by atoms with E-state index in [2.05, 4.69) is 15.0 Å². The summed E-state index contributed by atoms with van der Waals surface area (Å²) in [5.74, 6) is -3.03. The average Bonchev–Trinajstić information content (AvgIpc) is 2.83. The lowest BCUT2D eigenvalue weighted by Gasteiger charge is -2.09. The van der Waals surface area contributed by atoms with E-state index < -0.39 is 23.2 Å². The average molecular weight is 319 g/mol. The zero-order valence-corrected chi connectivity index (χ0v) is 11.8. The molecule has 0 bridgehead atoms. The van der Waals surface area contributed by atoms with Crippen LogP contribution in [0.3, 0.4) is 0 Å². The largest absolute Gasteiger partial charge is 0.465 e. The monoisotopic (exact) mass is 318 g/mol. The third-order valence-corrected chi connectivity index (χ3v) is 3.57. The molecule has 0 unspecified atom stereocenters. The molecule has 0 amide bonds. The topological polar surface area (TPSA) is 51.2 Å². The number of carbonyl (C=O) groups is 1. The normalized spacial score (nSPS) is 10.4. The second kappa shape index (κ2) is 6.15. The van der Waals surface area contributed by atoms with Crippen molar-refractivity contribution in [3.05, 3.63) is 44.9 Å². The number of carbonyl (C=O) groups excluding carboxylic acids is 1. The molecule has 2 aromatic rings. The zero-order valence-electron chi connectivity index (χ0n) is 10.2. The van der Waals surface area contributed by atoms with Crippen molar-refractivity contribution < 1.29 is 18.3 Å². The predicted molar refractivity (Wildman–Crippen MR) is 72.1 cm³/mol. The predicted octanol–water partition coefficient (Wildman–Crippen LogP) is 3.47. The first kappa shape index (κ1) is 14.7. The van der Waals surface area contributed by atoms with Gasteiger partial charge in [0.25, 0.3) is 0 Å². The van der Waals surface area contributed by atoms with Crippen LogP contribution < -0.4 is 5.32 Å². The lowest BCUT2D eigenvalue weighted by Crippen LogP contribution is -2.10. The summed E-state index contributed by atoms with van der Waals surface area (Å²) in [5.41, 5.74) is -0.726. The maximum Gasteiger partial charge on any atom is 0.343 e. The molecule has 4 nitrogen and oxygen atoms in total. The number of rotatable bonds is 4. The highest BCUT2D eigenvalue weighted by Crippen LogP contribution is 2.24. The molecular formula is C12H9ClF2N2O2S. The standard InChI is InChI=1S/C12H9ClF2N2O2S/c1-19-11(18)9-7(14)2-3-8(10(9)15)16-4-6-5-17-12(13)20-6/h2-3,5,16H,4H2,1H3. The van der Waals surface area contributed by atoms with Crippen LogP contribution in [0, 0.1) is 11.6 Å². The van der Waals surface area contributed by atoms with E-state index in [-0.39, 0.29) is 12.2 Å². The Balaban J connectivity index is 2.22. The summed E-state index contributed by atoms with van der Waals surface area (Å²) < 4.78 is 32.2. The number of aromatic nitrogens is 1. The highest BCUT2D eigenvalue weighted by atomic mass is 35.5. The van der Waals surface area contributed by atoms with E-state index >= 15 is 0 Å². The Hall–Kier alpha value is -1.73. The molecule has 106 valence electrons. The van der Waals surface area contributed by atoms with Gasteiger partial charge in [0.05, 0.1) is 19.3 Å². The first-order valence-corrected chi connectivity index (χ1v) is 6.62. The molecule has 0 saturated carbocycles. The number of nitrogens with zero attached hydrogens (tertiary/aromatic N) is 1. The Morgan fingerprint density at radius 1 is 1.50 bits per heavy atom. The van der Waals surface area contributed by atoms with Crippen LogP contribution >= 0.6 is 22.9 Å². The van der Waals surface area contributed by atoms with Gasteiger partial charge in [-0.3, -0.25) is 0 Å². The van der Waals surface area contributed by atoms with Gasteiger partial charge in [-0.2, -0.15) is 0 Å². The number of ether oxygens (including phenoxy) is 1. The molecule has 0 aliphatic rings. The van der Waals surface area contributed by atoms with Crippen LogP contribution in [-0.4, -0.2) is 18.1 Å². The molecule has 1 heterocycles. The molecular weight excluding hydrogens is 310 g/mol. The fourth-order valence-corrected chi connectivity index (χ4v) is 2.44. The smallest absolute Gasteiger partial charge is 0.343 e. The van der Waals surface area contributed by atoms with Gasteiger partial charge >= 0.3 is 5.97 Å². The van der Waals surface area contributed by atoms with Crippen LogP contribution in [0.5, 0.6) is 0 Å². The van der Waals surface area contributed by atoms with E-state index in [1.807, 2.05) is 0 Å². The van der Waals surface area contributed by atoms with Crippen LogP contribution in [0.25, 0.3) is 0 Å². The zero-order chi connectivity index (χ0) is 14.7. The summed E-state index contributed by atoms with van der Waals surface area (Å²) >= 11 is 6.91. The second-order valence-electron chi connectivity index (χ2n) is 3.71. The van der Waals surface area contributed by atoms with E-state index in [0.29, 0.717) is 4.47 Å². The number of anilines is 1. The highest BCUT2D eigenvalue weighted by Gasteiger charge is 2.21. The summed E-state index contributed by atoms with van der Waals surface area (Å²) in [6.45, 7) is 0.257. The quantitative estimate of drug-likeness (QED) is 0.877. The molecule has 0 fully saturated rings. The van der Waals surface area contributed by atoms with Crippen LogP contribution in [0.4, 0.5) is 14.5 Å². The molecule has 20 heavy (non-hydrogen) atoms. The molecule has 0 aliphatic heterocycles. The Kier molecular flexibility index (Phi) is 4.51. The van der Waals surface area contributed by atoms with Crippen LogP contribution in [-0.2, 0) is 11.3 Å². The van der Waals surface area contributed by atoms with E-state index in [1.165, 1.54) is 17.4 Å². The van der Waals surface area contributed by atoms with E-state index in [9.17, 15) is 13.6 Å². The van der Waals surface area contributed by atoms with Crippen molar-refractivity contribution in [1.29, 1.82) is 0 Å². The summed E-state index contributed by atoms with van der Waals surface area (Å²) in [5, 5.41) is 2.75. The van der Waals surface area contributed by atoms with Gasteiger partial charge in [0, 0.05) is 11.1 Å². The van der Waals surface area contributed by atoms with Crippen molar-refractivity contribution in [1.82, 2.24) is 4.98 Å². The van der Waals surface area contributed by atoms with E-state index in [1.54, 1.807) is 6.20 Å². The maximum atomic E-state index is 14.0. The van der Waals surface area contributed by atoms with Crippen LogP contribution in [0.15, 0.2) is 18.3 Å². The van der Waals surface area contributed by atoms with Gasteiger partial charge in [-0.25, -0.2) is 18.6 Å². The van der Waals surface area contributed by atoms with Crippen molar-refractivity contribution in [2.45, 2.75) is 6.54 Å². The SMILES string of the molecule is COC(=O)c1c(F)ccc(NCc2cnc(Cl)s2)c1F. The second-order valence-corrected chi connectivity index (χ2v) is 5.41. The van der Waals surface area contributed by atoms with Gasteiger partial charge in [0.2, 0.25) is 0 Å². The number of methoxy groups -OCH3 is 1. The Bertz CT molecular complexity index is 648. The minimum absolute atomic E-state index is 0.00341. The highest BCUT2D eigenvalue weighted by molar-refractivity contribution is 7.15. The van der Waals surface area contributed by atoms with E-state index in [4.69, 9.17) is 11.6 Å². The molecule has 1 aromatic heterocycles. The summed E-state index contributed by atoms with van der Waals surface area (Å²) in [6.07, 6.45) is 1.54. The Morgan fingerprint density at radius 2 is 2.25 bits per heavy atom. The summed E-state index contributed by atoms with van der Waals surface area (Å²) in [6, 6.07) is 2.21. The maximum absolute atomic E-state index is 14.0. The van der Waals surface area contributed by atoms with Crippen molar-refractivity contribution in [3.8, 4) is 0 Å². The third kappa shape index (κ3) is 3.05. The van der Waals surface area contributed by atoms with Crippen LogP contribution in [0.1, 0.15) is 15.2 Å². The van der Waals surface area contributed by atoms with Gasteiger partial charge in [-0.05, 0) is 12.1 Å². The number of hydrogen-bond acceptors (Lipinski definition) is 5. The molecule has 0 spiro atoms. The fraction of sp³-hybridized carbons (Fsp3) is 0.167. The lowest BCUT2D eigenvalue weighted by atomic mass is 10.1. The fourth-order valence-electron chi connectivity index (χ4n) is 1.53. The van der Waals surface area contributed by atoms with Crippen molar-refractivity contribution >= 4 is 34.6 Å². The first-order valence-electron chi connectivity index (χ1n) is 5.43. The van der Waals surface area contributed by atoms with Gasteiger partial charge in [0.1, 0.15) is 11.4 Å². The minimum atomic E-state index is -1.07. The van der Waals surface area contributed by atoms with Gasteiger partial charge in [-0.1, -0.05) is 11.6 Å². The number of esters is 1. The lowest BCUT2D eigenvalue weighted by molar-refractivity contribution is 0.0590. The van der Waals surface area contributed by atoms with E-state index in [0.717, 1.165) is 18.1 Å². The first-order chi connectivity index (χ1) is 9.52.